The Bertz CT molecular complexity index is 389. The van der Waals surface area contributed by atoms with Gasteiger partial charge in [0.05, 0.1) is 27.4 Å². The highest BCUT2D eigenvalue weighted by Crippen LogP contribution is 2.46. The molecule has 0 radical (unpaired) electrons. The van der Waals surface area contributed by atoms with E-state index in [4.69, 9.17) is 18.9 Å². The lowest BCUT2D eigenvalue weighted by Crippen LogP contribution is -1.97. The van der Waals surface area contributed by atoms with Crippen LogP contribution < -0.4 is 14.2 Å². The fourth-order valence-electron chi connectivity index (χ4n) is 1.79. The maximum absolute atomic E-state index is 5.44. The van der Waals surface area contributed by atoms with Crippen molar-refractivity contribution in [1.29, 1.82) is 0 Å². The van der Waals surface area contributed by atoms with Crippen LogP contribution in [0.3, 0.4) is 0 Å². The summed E-state index contributed by atoms with van der Waals surface area (Å²) in [6.07, 6.45) is 0.349. The average Bonchev–Trinajstić information content (AvgIpc) is 3.04. The molecule has 1 aliphatic heterocycles. The highest BCUT2D eigenvalue weighted by molar-refractivity contribution is 5.52. The second-order valence-corrected chi connectivity index (χ2v) is 3.71. The predicted molar refractivity (Wildman–Crippen MR) is 59.4 cm³/mol. The zero-order chi connectivity index (χ0) is 11.7. The molecule has 1 saturated heterocycles. The summed E-state index contributed by atoms with van der Waals surface area (Å²) in [5.41, 5.74) is 1.01. The van der Waals surface area contributed by atoms with Crippen LogP contribution in [0.5, 0.6) is 17.2 Å². The lowest BCUT2D eigenvalue weighted by molar-refractivity contribution is 0.341. The summed E-state index contributed by atoms with van der Waals surface area (Å²) in [4.78, 5) is 0. The minimum atomic E-state index is 0.106. The van der Waals surface area contributed by atoms with E-state index >= 15 is 0 Å². The quantitative estimate of drug-likeness (QED) is 0.735. The topological polar surface area (TPSA) is 40.2 Å². The molecule has 4 nitrogen and oxygen atoms in total. The van der Waals surface area contributed by atoms with Gasteiger partial charge in [0.2, 0.25) is 0 Å². The first-order valence-corrected chi connectivity index (χ1v) is 5.16. The summed E-state index contributed by atoms with van der Waals surface area (Å²) in [6, 6.07) is 3.73. The molecular weight excluding hydrogens is 208 g/mol. The van der Waals surface area contributed by atoms with Gasteiger partial charge in [-0.3, -0.25) is 0 Å². The van der Waals surface area contributed by atoms with Gasteiger partial charge in [0.25, 0.3) is 0 Å². The van der Waals surface area contributed by atoms with Crippen LogP contribution in [0.15, 0.2) is 12.1 Å². The van der Waals surface area contributed by atoms with Crippen molar-refractivity contribution < 1.29 is 18.9 Å². The molecule has 1 aromatic rings. The van der Waals surface area contributed by atoms with E-state index < -0.39 is 0 Å². The van der Waals surface area contributed by atoms with Crippen molar-refractivity contribution in [1.82, 2.24) is 0 Å². The zero-order valence-electron chi connectivity index (χ0n) is 9.94. The van der Waals surface area contributed by atoms with E-state index in [-0.39, 0.29) is 12.2 Å². The molecule has 1 aromatic carbocycles. The fraction of sp³-hybridized carbons (Fsp3) is 0.500. The second-order valence-electron chi connectivity index (χ2n) is 3.71. The van der Waals surface area contributed by atoms with E-state index in [2.05, 4.69) is 0 Å². The largest absolute Gasteiger partial charge is 0.496 e. The molecule has 0 bridgehead atoms. The highest BCUT2D eigenvalue weighted by atomic mass is 16.6. The second kappa shape index (κ2) is 4.22. The van der Waals surface area contributed by atoms with Crippen LogP contribution in [0.1, 0.15) is 18.6 Å². The smallest absolute Gasteiger partial charge is 0.164 e. The van der Waals surface area contributed by atoms with E-state index in [0.29, 0.717) is 11.5 Å². The van der Waals surface area contributed by atoms with Crippen LogP contribution in [-0.2, 0) is 4.74 Å². The van der Waals surface area contributed by atoms with Crippen molar-refractivity contribution >= 4 is 0 Å². The summed E-state index contributed by atoms with van der Waals surface area (Å²) in [5, 5.41) is 0. The van der Waals surface area contributed by atoms with E-state index in [0.717, 1.165) is 11.3 Å². The predicted octanol–water partition coefficient (Wildman–Crippen LogP) is 2.17. The number of hydrogen-bond acceptors (Lipinski definition) is 4. The van der Waals surface area contributed by atoms with Crippen molar-refractivity contribution in [2.24, 2.45) is 0 Å². The maximum Gasteiger partial charge on any atom is 0.164 e. The summed E-state index contributed by atoms with van der Waals surface area (Å²) in [7, 11) is 4.86. The first-order chi connectivity index (χ1) is 7.71. The molecule has 88 valence electrons. The fourth-order valence-corrected chi connectivity index (χ4v) is 1.79. The van der Waals surface area contributed by atoms with Gasteiger partial charge in [-0.1, -0.05) is 0 Å². The summed E-state index contributed by atoms with van der Waals surface area (Å²) in [6.45, 7) is 2.03. The Labute approximate surface area is 95.1 Å². The standard InChI is InChI=1S/C12H16O4/c1-7-12(16-7)8-5-10(14-3)11(15-4)6-9(8)13-2/h5-7,12H,1-4H3/t7-,12+/m1/s1. The van der Waals surface area contributed by atoms with Crippen LogP contribution in [0.25, 0.3) is 0 Å². The SMILES string of the molecule is COc1cc(OC)c([C@H]2O[C@@H]2C)cc1OC. The van der Waals surface area contributed by atoms with Crippen molar-refractivity contribution in [2.75, 3.05) is 21.3 Å². The molecule has 0 aromatic heterocycles. The van der Waals surface area contributed by atoms with Gasteiger partial charge in [-0.15, -0.1) is 0 Å². The molecule has 0 aliphatic carbocycles. The lowest BCUT2D eigenvalue weighted by Gasteiger charge is -2.12. The number of epoxide rings is 1. The molecule has 0 saturated carbocycles. The van der Waals surface area contributed by atoms with Gasteiger partial charge in [0, 0.05) is 11.6 Å². The van der Waals surface area contributed by atoms with Gasteiger partial charge < -0.3 is 18.9 Å². The van der Waals surface area contributed by atoms with Gasteiger partial charge in [-0.05, 0) is 13.0 Å². The van der Waals surface area contributed by atoms with Crippen molar-refractivity contribution in [3.8, 4) is 17.2 Å². The van der Waals surface area contributed by atoms with E-state index in [1.807, 2.05) is 19.1 Å². The zero-order valence-corrected chi connectivity index (χ0v) is 9.94. The molecule has 1 heterocycles. The molecule has 4 heteroatoms. The Balaban J connectivity index is 2.42. The lowest BCUT2D eigenvalue weighted by atomic mass is 10.1. The molecule has 16 heavy (non-hydrogen) atoms. The van der Waals surface area contributed by atoms with Crippen LogP contribution >= 0.6 is 0 Å². The maximum atomic E-state index is 5.44. The number of methoxy groups -OCH3 is 3. The number of benzene rings is 1. The highest BCUT2D eigenvalue weighted by Gasteiger charge is 2.38. The van der Waals surface area contributed by atoms with E-state index in [1.165, 1.54) is 0 Å². The minimum Gasteiger partial charge on any atom is -0.496 e. The van der Waals surface area contributed by atoms with Gasteiger partial charge in [-0.25, -0.2) is 0 Å². The Hall–Kier alpha value is -1.42. The average molecular weight is 224 g/mol. The van der Waals surface area contributed by atoms with Gasteiger partial charge in [0.15, 0.2) is 11.5 Å². The summed E-state index contributed by atoms with van der Waals surface area (Å²) >= 11 is 0. The first-order valence-electron chi connectivity index (χ1n) is 5.16. The molecule has 0 N–H and O–H groups in total. The van der Waals surface area contributed by atoms with Crippen molar-refractivity contribution in [3.05, 3.63) is 17.7 Å². The van der Waals surface area contributed by atoms with Crippen LogP contribution in [0, 0.1) is 0 Å². The third-order valence-corrected chi connectivity index (χ3v) is 2.75. The van der Waals surface area contributed by atoms with E-state index in [1.54, 1.807) is 21.3 Å². The van der Waals surface area contributed by atoms with Crippen LogP contribution in [0.4, 0.5) is 0 Å². The van der Waals surface area contributed by atoms with Crippen LogP contribution in [-0.4, -0.2) is 27.4 Å². The normalized spacial score (nSPS) is 22.8. The molecule has 1 aliphatic rings. The number of hydrogen-bond donors (Lipinski definition) is 0. The Morgan fingerprint density at radius 3 is 1.88 bits per heavy atom. The Morgan fingerprint density at radius 1 is 0.938 bits per heavy atom. The van der Waals surface area contributed by atoms with Gasteiger partial charge >= 0.3 is 0 Å². The monoisotopic (exact) mass is 224 g/mol. The molecule has 1 fully saturated rings. The van der Waals surface area contributed by atoms with Gasteiger partial charge in [0.1, 0.15) is 11.9 Å². The Morgan fingerprint density at radius 2 is 1.44 bits per heavy atom. The molecular formula is C12H16O4. The van der Waals surface area contributed by atoms with Gasteiger partial charge in [-0.2, -0.15) is 0 Å². The molecule has 0 amide bonds. The molecule has 2 rings (SSSR count). The summed E-state index contributed by atoms with van der Waals surface area (Å²) < 4.78 is 21.2. The number of ether oxygens (including phenoxy) is 4. The number of rotatable bonds is 4. The minimum absolute atomic E-state index is 0.106. The van der Waals surface area contributed by atoms with Crippen LogP contribution in [0.2, 0.25) is 0 Å². The first kappa shape index (κ1) is 11.1. The molecule has 0 unspecified atom stereocenters. The summed E-state index contributed by atoms with van der Waals surface area (Å²) in [5.74, 6) is 2.13. The third kappa shape index (κ3) is 1.80. The third-order valence-electron chi connectivity index (χ3n) is 2.75. The molecule has 0 spiro atoms. The van der Waals surface area contributed by atoms with Crippen molar-refractivity contribution in [2.45, 2.75) is 19.1 Å². The Kier molecular flexibility index (Phi) is 2.92. The van der Waals surface area contributed by atoms with Crippen molar-refractivity contribution in [3.63, 3.8) is 0 Å². The molecule has 2 atom stereocenters. The van der Waals surface area contributed by atoms with E-state index in [9.17, 15) is 0 Å².